The predicted octanol–water partition coefficient (Wildman–Crippen LogP) is 3.29. The molecule has 6 heteroatoms. The van der Waals surface area contributed by atoms with Gasteiger partial charge in [0, 0.05) is 42.7 Å². The molecular weight excluding hydrogens is 270 g/mol. The highest BCUT2D eigenvalue weighted by Gasteiger charge is 2.18. The van der Waals surface area contributed by atoms with Gasteiger partial charge in [0.25, 0.3) is 5.69 Å². The highest BCUT2D eigenvalue weighted by atomic mass is 16.6. The van der Waals surface area contributed by atoms with E-state index in [9.17, 15) is 10.1 Å². The fourth-order valence-corrected chi connectivity index (χ4v) is 2.02. The number of hydrogen-bond acceptors (Lipinski definition) is 5. The van der Waals surface area contributed by atoms with Crippen molar-refractivity contribution < 1.29 is 9.66 Å². The van der Waals surface area contributed by atoms with Gasteiger partial charge in [-0.3, -0.25) is 15.1 Å². The molecule has 1 heterocycles. The first-order valence-corrected chi connectivity index (χ1v) is 6.67. The van der Waals surface area contributed by atoms with Gasteiger partial charge < -0.3 is 10.1 Å². The van der Waals surface area contributed by atoms with Gasteiger partial charge in [-0.15, -0.1) is 0 Å². The Bertz CT molecular complexity index is 683. The van der Waals surface area contributed by atoms with E-state index >= 15 is 0 Å². The molecule has 2 rings (SSSR count). The molecule has 0 radical (unpaired) electrons. The Balaban J connectivity index is 2.48. The quantitative estimate of drug-likeness (QED) is 0.675. The molecule has 0 aliphatic heterocycles. The third-order valence-electron chi connectivity index (χ3n) is 3.47. The first kappa shape index (κ1) is 15.2. The standard InChI is InChI=1S/C15H19N3O3/c1-10-7-11-12(8-16-10)14(18(19)20)6-5-13(11)17-9-15(2,3)21-4/h5-8,17H,9H2,1-4H3. The highest BCUT2D eigenvalue weighted by Crippen LogP contribution is 2.31. The average Bonchev–Trinajstić information content (AvgIpc) is 2.44. The number of hydrogen-bond donors (Lipinski definition) is 1. The summed E-state index contributed by atoms with van der Waals surface area (Å²) in [6.07, 6.45) is 1.55. The van der Waals surface area contributed by atoms with Crippen LogP contribution in [0.4, 0.5) is 11.4 Å². The molecule has 0 spiro atoms. The lowest BCUT2D eigenvalue weighted by molar-refractivity contribution is -0.383. The van der Waals surface area contributed by atoms with Gasteiger partial charge in [-0.2, -0.15) is 0 Å². The van der Waals surface area contributed by atoms with E-state index in [1.54, 1.807) is 19.4 Å². The van der Waals surface area contributed by atoms with Gasteiger partial charge in [-0.25, -0.2) is 0 Å². The van der Waals surface area contributed by atoms with Gasteiger partial charge >= 0.3 is 0 Å². The van der Waals surface area contributed by atoms with E-state index < -0.39 is 0 Å². The van der Waals surface area contributed by atoms with Crippen LogP contribution in [0.5, 0.6) is 0 Å². The second-order valence-electron chi connectivity index (χ2n) is 5.58. The van der Waals surface area contributed by atoms with Gasteiger partial charge in [0.15, 0.2) is 0 Å². The molecule has 0 amide bonds. The van der Waals surface area contributed by atoms with Crippen LogP contribution in [0, 0.1) is 17.0 Å². The van der Waals surface area contributed by atoms with E-state index in [0.29, 0.717) is 11.9 Å². The smallest absolute Gasteiger partial charge is 0.278 e. The van der Waals surface area contributed by atoms with Crippen molar-refractivity contribution in [1.29, 1.82) is 0 Å². The van der Waals surface area contributed by atoms with E-state index in [0.717, 1.165) is 16.8 Å². The number of nitro groups is 1. The van der Waals surface area contributed by atoms with E-state index in [1.165, 1.54) is 6.07 Å². The molecule has 0 unspecified atom stereocenters. The minimum Gasteiger partial charge on any atom is -0.382 e. The van der Waals surface area contributed by atoms with Crippen LogP contribution in [0.3, 0.4) is 0 Å². The number of aromatic nitrogens is 1. The summed E-state index contributed by atoms with van der Waals surface area (Å²) < 4.78 is 5.37. The van der Waals surface area contributed by atoms with Crippen molar-refractivity contribution in [2.45, 2.75) is 26.4 Å². The second-order valence-corrected chi connectivity index (χ2v) is 5.58. The fourth-order valence-electron chi connectivity index (χ4n) is 2.02. The zero-order chi connectivity index (χ0) is 15.6. The SMILES string of the molecule is COC(C)(C)CNc1ccc([N+](=O)[O-])c2cnc(C)cc12. The molecule has 1 N–H and O–H groups in total. The Hall–Kier alpha value is -2.21. The summed E-state index contributed by atoms with van der Waals surface area (Å²) in [5.41, 5.74) is 1.40. The largest absolute Gasteiger partial charge is 0.382 e. The molecule has 0 aliphatic rings. The number of non-ortho nitro benzene ring substituents is 1. The van der Waals surface area contributed by atoms with Crippen LogP contribution in [-0.4, -0.2) is 29.2 Å². The summed E-state index contributed by atoms with van der Waals surface area (Å²) in [5.74, 6) is 0. The molecule has 1 aromatic carbocycles. The van der Waals surface area contributed by atoms with Gasteiger partial charge in [0.1, 0.15) is 0 Å². The molecule has 0 bridgehead atoms. The number of benzene rings is 1. The van der Waals surface area contributed by atoms with Crippen molar-refractivity contribution >= 4 is 22.1 Å². The Labute approximate surface area is 123 Å². The van der Waals surface area contributed by atoms with Crippen LogP contribution >= 0.6 is 0 Å². The zero-order valence-electron chi connectivity index (χ0n) is 12.6. The Morgan fingerprint density at radius 3 is 2.71 bits per heavy atom. The molecule has 112 valence electrons. The van der Waals surface area contributed by atoms with Crippen LogP contribution in [0.1, 0.15) is 19.5 Å². The molecule has 0 saturated heterocycles. The minimum atomic E-state index is -0.387. The normalized spacial score (nSPS) is 11.6. The summed E-state index contributed by atoms with van der Waals surface area (Å²) in [4.78, 5) is 14.9. The second kappa shape index (κ2) is 5.65. The van der Waals surface area contributed by atoms with Gasteiger partial charge in [-0.05, 0) is 32.9 Å². The van der Waals surface area contributed by atoms with Gasteiger partial charge in [-0.1, -0.05) is 0 Å². The van der Waals surface area contributed by atoms with E-state index in [-0.39, 0.29) is 16.2 Å². The van der Waals surface area contributed by atoms with E-state index in [4.69, 9.17) is 4.74 Å². The summed E-state index contributed by atoms with van der Waals surface area (Å²) >= 11 is 0. The third-order valence-corrected chi connectivity index (χ3v) is 3.47. The zero-order valence-corrected chi connectivity index (χ0v) is 12.6. The van der Waals surface area contributed by atoms with Gasteiger partial charge in [0.2, 0.25) is 0 Å². The molecule has 0 saturated carbocycles. The van der Waals surface area contributed by atoms with Crippen LogP contribution in [-0.2, 0) is 4.74 Å². The number of ether oxygens (including phenoxy) is 1. The van der Waals surface area contributed by atoms with Crippen LogP contribution in [0.25, 0.3) is 10.8 Å². The van der Waals surface area contributed by atoms with Gasteiger partial charge in [0.05, 0.1) is 15.9 Å². The van der Waals surface area contributed by atoms with Crippen molar-refractivity contribution in [3.8, 4) is 0 Å². The lowest BCUT2D eigenvalue weighted by Crippen LogP contribution is -2.32. The maximum absolute atomic E-state index is 11.1. The number of methoxy groups -OCH3 is 1. The molecule has 1 aromatic heterocycles. The number of pyridine rings is 1. The molecule has 0 fully saturated rings. The monoisotopic (exact) mass is 289 g/mol. The molecule has 21 heavy (non-hydrogen) atoms. The molecule has 2 aromatic rings. The summed E-state index contributed by atoms with van der Waals surface area (Å²) in [6.45, 7) is 6.40. The van der Waals surface area contributed by atoms with Crippen molar-refractivity contribution in [2.24, 2.45) is 0 Å². The van der Waals surface area contributed by atoms with Crippen molar-refractivity contribution in [1.82, 2.24) is 4.98 Å². The topological polar surface area (TPSA) is 77.3 Å². The summed E-state index contributed by atoms with van der Waals surface area (Å²) in [6, 6.07) is 5.08. The number of nitrogens with zero attached hydrogens (tertiary/aromatic N) is 2. The number of aryl methyl sites for hydroxylation is 1. The maximum Gasteiger partial charge on any atom is 0.278 e. The lowest BCUT2D eigenvalue weighted by atomic mass is 10.1. The number of anilines is 1. The molecule has 0 aliphatic carbocycles. The van der Waals surface area contributed by atoms with Crippen molar-refractivity contribution in [2.75, 3.05) is 19.0 Å². The Morgan fingerprint density at radius 2 is 2.10 bits per heavy atom. The molecular formula is C15H19N3O3. The lowest BCUT2D eigenvalue weighted by Gasteiger charge is -2.24. The van der Waals surface area contributed by atoms with E-state index in [1.807, 2.05) is 26.8 Å². The van der Waals surface area contributed by atoms with Crippen LogP contribution in [0.15, 0.2) is 24.4 Å². The number of nitro benzene ring substituents is 1. The van der Waals surface area contributed by atoms with Crippen LogP contribution < -0.4 is 5.32 Å². The first-order valence-electron chi connectivity index (χ1n) is 6.67. The number of fused-ring (bicyclic) bond motifs is 1. The summed E-state index contributed by atoms with van der Waals surface area (Å²) in [5, 5.41) is 15.7. The van der Waals surface area contributed by atoms with Crippen LogP contribution in [0.2, 0.25) is 0 Å². The third kappa shape index (κ3) is 3.28. The average molecular weight is 289 g/mol. The van der Waals surface area contributed by atoms with Crippen molar-refractivity contribution in [3.05, 3.63) is 40.2 Å². The number of nitrogens with one attached hydrogen (secondary N) is 1. The Kier molecular flexibility index (Phi) is 4.09. The molecule has 6 nitrogen and oxygen atoms in total. The van der Waals surface area contributed by atoms with Crippen molar-refractivity contribution in [3.63, 3.8) is 0 Å². The first-order chi connectivity index (χ1) is 9.84. The maximum atomic E-state index is 11.1. The highest BCUT2D eigenvalue weighted by molar-refractivity contribution is 5.99. The van der Waals surface area contributed by atoms with E-state index in [2.05, 4.69) is 10.3 Å². The summed E-state index contributed by atoms with van der Waals surface area (Å²) in [7, 11) is 1.66. The molecule has 0 atom stereocenters. The minimum absolute atomic E-state index is 0.0639. The Morgan fingerprint density at radius 1 is 1.38 bits per heavy atom. The number of rotatable bonds is 5. The fraction of sp³-hybridized carbons (Fsp3) is 0.400. The predicted molar refractivity (Wildman–Crippen MR) is 82.7 cm³/mol.